The van der Waals surface area contributed by atoms with Crippen LogP contribution < -0.4 is 4.74 Å². The summed E-state index contributed by atoms with van der Waals surface area (Å²) in [7, 11) is 1.61. The van der Waals surface area contributed by atoms with E-state index in [1.165, 1.54) is 0 Å². The number of benzene rings is 1. The second-order valence-electron chi connectivity index (χ2n) is 4.18. The van der Waals surface area contributed by atoms with Crippen molar-refractivity contribution in [2.24, 2.45) is 0 Å². The van der Waals surface area contributed by atoms with Crippen molar-refractivity contribution in [3.05, 3.63) is 34.8 Å². The fraction of sp³-hybridized carbons (Fsp3) is 0.154. The number of hydrogen-bond donors (Lipinski definition) is 1. The van der Waals surface area contributed by atoms with Crippen molar-refractivity contribution in [3.8, 4) is 17.1 Å². The number of ether oxygens (including phenoxy) is 1. The highest BCUT2D eigenvalue weighted by atomic mass is 32.1. The van der Waals surface area contributed by atoms with Gasteiger partial charge in [-0.2, -0.15) is 4.98 Å². The van der Waals surface area contributed by atoms with E-state index < -0.39 is 5.97 Å². The number of aromatic carboxylic acids is 1. The third-order valence-corrected chi connectivity index (χ3v) is 4.08. The summed E-state index contributed by atoms with van der Waals surface area (Å²) in [5.41, 5.74) is 1.45. The van der Waals surface area contributed by atoms with E-state index in [4.69, 9.17) is 9.84 Å². The number of methoxy groups -OCH3 is 1. The summed E-state index contributed by atoms with van der Waals surface area (Å²) in [5.74, 6) is 0.379. The Kier molecular flexibility index (Phi) is 2.90. The SMILES string of the molecule is COc1ccc(-c2nc3sc(C(=O)O)c(C)n3n2)cc1. The van der Waals surface area contributed by atoms with Crippen LogP contribution in [0.3, 0.4) is 0 Å². The number of carbonyl (C=O) groups is 1. The molecule has 3 aromatic rings. The largest absolute Gasteiger partial charge is 0.497 e. The van der Waals surface area contributed by atoms with Gasteiger partial charge in [0.1, 0.15) is 10.6 Å². The molecule has 0 aliphatic rings. The topological polar surface area (TPSA) is 76.7 Å². The number of carboxylic acids is 1. The van der Waals surface area contributed by atoms with Crippen molar-refractivity contribution in [1.29, 1.82) is 0 Å². The number of carboxylic acid groups (broad SMARTS) is 1. The van der Waals surface area contributed by atoms with E-state index in [0.717, 1.165) is 22.6 Å². The fourth-order valence-corrected chi connectivity index (χ4v) is 2.80. The van der Waals surface area contributed by atoms with Gasteiger partial charge in [0.2, 0.25) is 4.96 Å². The van der Waals surface area contributed by atoms with Gasteiger partial charge >= 0.3 is 5.97 Å². The monoisotopic (exact) mass is 289 g/mol. The summed E-state index contributed by atoms with van der Waals surface area (Å²) in [6.07, 6.45) is 0. The Morgan fingerprint density at radius 3 is 2.60 bits per heavy atom. The van der Waals surface area contributed by atoms with Crippen molar-refractivity contribution in [2.45, 2.75) is 6.92 Å². The van der Waals surface area contributed by atoms with E-state index in [-0.39, 0.29) is 4.88 Å². The molecule has 1 aromatic carbocycles. The van der Waals surface area contributed by atoms with E-state index in [0.29, 0.717) is 16.5 Å². The lowest BCUT2D eigenvalue weighted by Gasteiger charge is -1.99. The standard InChI is InChI=1S/C13H11N3O3S/c1-7-10(12(17)18)20-13-14-11(15-16(7)13)8-3-5-9(19-2)6-4-8/h3-6H,1-2H3,(H,17,18). The molecule has 0 spiro atoms. The average molecular weight is 289 g/mol. The molecule has 6 nitrogen and oxygen atoms in total. The van der Waals surface area contributed by atoms with Gasteiger partial charge in [0.15, 0.2) is 5.82 Å². The van der Waals surface area contributed by atoms with Crippen molar-refractivity contribution < 1.29 is 14.6 Å². The van der Waals surface area contributed by atoms with Crippen molar-refractivity contribution >= 4 is 22.3 Å². The third-order valence-electron chi connectivity index (χ3n) is 2.96. The first-order chi connectivity index (χ1) is 9.60. The van der Waals surface area contributed by atoms with Crippen LogP contribution in [0, 0.1) is 6.92 Å². The molecule has 0 unspecified atom stereocenters. The lowest BCUT2D eigenvalue weighted by atomic mass is 10.2. The molecule has 2 aromatic heterocycles. The van der Waals surface area contributed by atoms with E-state index in [9.17, 15) is 4.79 Å². The maximum absolute atomic E-state index is 11.0. The molecule has 0 aliphatic heterocycles. The van der Waals surface area contributed by atoms with E-state index in [1.54, 1.807) is 18.5 Å². The molecular formula is C13H11N3O3S. The molecule has 0 aliphatic carbocycles. The number of aromatic nitrogens is 3. The Balaban J connectivity index is 2.06. The summed E-state index contributed by atoms with van der Waals surface area (Å²) in [6.45, 7) is 1.72. The van der Waals surface area contributed by atoms with Crippen LogP contribution in [0.15, 0.2) is 24.3 Å². The number of fused-ring (bicyclic) bond motifs is 1. The first-order valence-corrected chi connectivity index (χ1v) is 6.65. The van der Waals surface area contributed by atoms with Crippen molar-refractivity contribution in [1.82, 2.24) is 14.6 Å². The molecule has 20 heavy (non-hydrogen) atoms. The minimum absolute atomic E-state index is 0.265. The zero-order valence-electron chi connectivity index (χ0n) is 10.8. The van der Waals surface area contributed by atoms with Gasteiger partial charge < -0.3 is 9.84 Å². The number of thiazole rings is 1. The highest BCUT2D eigenvalue weighted by Gasteiger charge is 2.18. The van der Waals surface area contributed by atoms with Gasteiger partial charge in [0.05, 0.1) is 12.8 Å². The van der Waals surface area contributed by atoms with Crippen LogP contribution in [0.4, 0.5) is 0 Å². The lowest BCUT2D eigenvalue weighted by molar-refractivity contribution is 0.0701. The summed E-state index contributed by atoms with van der Waals surface area (Å²) in [6, 6.07) is 7.40. The predicted molar refractivity (Wildman–Crippen MR) is 74.5 cm³/mol. The number of hydrogen-bond acceptors (Lipinski definition) is 5. The lowest BCUT2D eigenvalue weighted by Crippen LogP contribution is -1.98. The van der Waals surface area contributed by atoms with Crippen LogP contribution in [0.1, 0.15) is 15.4 Å². The summed E-state index contributed by atoms with van der Waals surface area (Å²) in [5, 5.41) is 13.4. The van der Waals surface area contributed by atoms with Gasteiger partial charge in [-0.05, 0) is 31.2 Å². The number of nitrogens with zero attached hydrogens (tertiary/aromatic N) is 3. The van der Waals surface area contributed by atoms with Crippen LogP contribution in [0.25, 0.3) is 16.3 Å². The van der Waals surface area contributed by atoms with Gasteiger partial charge in [-0.3, -0.25) is 0 Å². The molecule has 0 radical (unpaired) electrons. The molecule has 2 heterocycles. The Labute approximate surface area is 118 Å². The second-order valence-corrected chi connectivity index (χ2v) is 5.16. The molecule has 0 saturated carbocycles. The molecule has 0 atom stereocenters. The highest BCUT2D eigenvalue weighted by Crippen LogP contribution is 2.25. The third kappa shape index (κ3) is 1.92. The van der Waals surface area contributed by atoms with Crippen LogP contribution in [-0.4, -0.2) is 32.8 Å². The molecule has 0 fully saturated rings. The van der Waals surface area contributed by atoms with E-state index in [2.05, 4.69) is 10.1 Å². The number of rotatable bonds is 3. The Morgan fingerprint density at radius 1 is 1.35 bits per heavy atom. The maximum atomic E-state index is 11.0. The number of aryl methyl sites for hydroxylation is 1. The van der Waals surface area contributed by atoms with Gasteiger partial charge in [0.25, 0.3) is 0 Å². The molecule has 0 saturated heterocycles. The minimum atomic E-state index is -0.953. The molecule has 0 bridgehead atoms. The molecule has 0 amide bonds. The summed E-state index contributed by atoms with van der Waals surface area (Å²) in [4.78, 5) is 16.3. The molecule has 3 rings (SSSR count). The predicted octanol–water partition coefficient (Wildman–Crippen LogP) is 2.47. The first-order valence-electron chi connectivity index (χ1n) is 5.84. The van der Waals surface area contributed by atoms with Crippen LogP contribution in [0.2, 0.25) is 0 Å². The van der Waals surface area contributed by atoms with Crippen molar-refractivity contribution in [2.75, 3.05) is 7.11 Å². The van der Waals surface area contributed by atoms with Crippen LogP contribution in [-0.2, 0) is 0 Å². The minimum Gasteiger partial charge on any atom is -0.497 e. The van der Waals surface area contributed by atoms with Crippen molar-refractivity contribution in [3.63, 3.8) is 0 Å². The van der Waals surface area contributed by atoms with Gasteiger partial charge in [-0.25, -0.2) is 9.31 Å². The smallest absolute Gasteiger partial charge is 0.347 e. The summed E-state index contributed by atoms with van der Waals surface area (Å²) >= 11 is 1.12. The highest BCUT2D eigenvalue weighted by molar-refractivity contribution is 7.18. The van der Waals surface area contributed by atoms with Crippen LogP contribution >= 0.6 is 11.3 Å². The van der Waals surface area contributed by atoms with Gasteiger partial charge in [-0.15, -0.1) is 5.10 Å². The first kappa shape index (κ1) is 12.6. The molecule has 7 heteroatoms. The Morgan fingerprint density at radius 2 is 2.05 bits per heavy atom. The van der Waals surface area contributed by atoms with Gasteiger partial charge in [0, 0.05) is 5.56 Å². The molecule has 102 valence electrons. The zero-order valence-corrected chi connectivity index (χ0v) is 11.6. The van der Waals surface area contributed by atoms with Crippen LogP contribution in [0.5, 0.6) is 5.75 Å². The fourth-order valence-electron chi connectivity index (χ4n) is 1.90. The molecule has 1 N–H and O–H groups in total. The molecular weight excluding hydrogens is 278 g/mol. The average Bonchev–Trinajstić information content (AvgIpc) is 2.99. The zero-order chi connectivity index (χ0) is 14.3. The summed E-state index contributed by atoms with van der Waals surface area (Å²) < 4.78 is 6.66. The Bertz CT molecular complexity index is 789. The van der Waals surface area contributed by atoms with E-state index in [1.807, 2.05) is 24.3 Å². The Hall–Kier alpha value is -2.41. The normalized spacial score (nSPS) is 10.9. The quantitative estimate of drug-likeness (QED) is 0.801. The maximum Gasteiger partial charge on any atom is 0.347 e. The van der Waals surface area contributed by atoms with E-state index >= 15 is 0 Å². The van der Waals surface area contributed by atoms with Gasteiger partial charge in [-0.1, -0.05) is 11.3 Å². The second kappa shape index (κ2) is 4.61.